The first-order chi connectivity index (χ1) is 12.0. The number of hydrogen-bond acceptors (Lipinski definition) is 6. The molecular weight excluding hydrogens is 326 g/mol. The van der Waals surface area contributed by atoms with Gasteiger partial charge in [-0.15, -0.1) is 0 Å². The molecule has 132 valence electrons. The maximum atomic E-state index is 12.3. The van der Waals surface area contributed by atoms with Crippen LogP contribution in [0.3, 0.4) is 0 Å². The van der Waals surface area contributed by atoms with E-state index < -0.39 is 28.8 Å². The summed E-state index contributed by atoms with van der Waals surface area (Å²) in [5.74, 6) is -3.49. The predicted octanol–water partition coefficient (Wildman–Crippen LogP) is 2.69. The summed E-state index contributed by atoms with van der Waals surface area (Å²) in [6.07, 6.45) is -1.38. The fourth-order valence-corrected chi connectivity index (χ4v) is 2.77. The quantitative estimate of drug-likeness (QED) is 0.435. The number of esters is 1. The van der Waals surface area contributed by atoms with E-state index in [1.54, 1.807) is 38.1 Å². The molecule has 2 unspecified atom stereocenters. The molecule has 0 aliphatic rings. The van der Waals surface area contributed by atoms with E-state index in [0.29, 0.717) is 10.9 Å². The van der Waals surface area contributed by atoms with E-state index in [-0.39, 0.29) is 13.2 Å². The van der Waals surface area contributed by atoms with Gasteiger partial charge in [0.2, 0.25) is 0 Å². The van der Waals surface area contributed by atoms with Crippen LogP contribution in [-0.2, 0) is 19.1 Å². The monoisotopic (exact) mass is 345 g/mol. The number of carbonyl (C=O) groups excluding carboxylic acids is 2. The lowest BCUT2D eigenvalue weighted by Crippen LogP contribution is -2.39. The normalized spacial score (nSPS) is 13.2. The van der Waals surface area contributed by atoms with Crippen LogP contribution in [0.25, 0.3) is 10.8 Å². The minimum Gasteiger partial charge on any atom is -0.464 e. The van der Waals surface area contributed by atoms with Crippen molar-refractivity contribution in [3.63, 3.8) is 0 Å². The van der Waals surface area contributed by atoms with Gasteiger partial charge in [-0.1, -0.05) is 42.5 Å². The molecule has 0 bridgehead atoms. The second kappa shape index (κ2) is 8.34. The first-order valence-electron chi connectivity index (χ1n) is 7.95. The van der Waals surface area contributed by atoms with E-state index in [2.05, 4.69) is 0 Å². The van der Waals surface area contributed by atoms with Gasteiger partial charge in [-0.2, -0.15) is 0 Å². The Balaban J connectivity index is 2.63. The Morgan fingerprint density at radius 1 is 1.08 bits per heavy atom. The average Bonchev–Trinajstić information content (AvgIpc) is 2.61. The fraction of sp³-hybridized carbons (Fsp3) is 0.333. The van der Waals surface area contributed by atoms with Crippen LogP contribution in [0.5, 0.6) is 0 Å². The van der Waals surface area contributed by atoms with Crippen LogP contribution < -0.4 is 0 Å². The summed E-state index contributed by atoms with van der Waals surface area (Å²) in [5.41, 5.74) is 0.367. The Hall–Kier alpha value is -2.80. The van der Waals surface area contributed by atoms with Crippen LogP contribution in [0, 0.1) is 10.1 Å². The molecule has 2 aromatic rings. The summed E-state index contributed by atoms with van der Waals surface area (Å²) in [5, 5.41) is 12.6. The Bertz CT molecular complexity index is 783. The molecule has 0 aliphatic carbocycles. The van der Waals surface area contributed by atoms with Crippen molar-refractivity contribution in [1.29, 1.82) is 0 Å². The van der Waals surface area contributed by atoms with Gasteiger partial charge in [-0.25, -0.2) is 9.59 Å². The molecule has 1 amide bonds. The second-order valence-electron chi connectivity index (χ2n) is 5.27. The molecule has 0 N–H and O–H groups in total. The van der Waals surface area contributed by atoms with Crippen LogP contribution in [-0.4, -0.2) is 36.1 Å². The van der Waals surface area contributed by atoms with E-state index >= 15 is 0 Å². The summed E-state index contributed by atoms with van der Waals surface area (Å²) in [7, 11) is 0. The van der Waals surface area contributed by atoms with Gasteiger partial charge >= 0.3 is 11.9 Å². The van der Waals surface area contributed by atoms with Gasteiger partial charge in [-0.3, -0.25) is 10.1 Å². The summed E-state index contributed by atoms with van der Waals surface area (Å²) in [6, 6.07) is 12.3. The maximum Gasteiger partial charge on any atom is 0.455 e. The molecule has 0 saturated heterocycles. The number of nitrogens with zero attached hydrogens (tertiary/aromatic N) is 1. The lowest BCUT2D eigenvalue weighted by Gasteiger charge is -2.22. The molecule has 0 radical (unpaired) electrons. The SMILES string of the molecule is CCOC(=O)C(OCC)C(C(=O)[N+](=O)[O-])c1cccc2ccccc12. The summed E-state index contributed by atoms with van der Waals surface area (Å²) in [6.45, 7) is 3.44. The first kappa shape index (κ1) is 18.5. The molecule has 2 atom stereocenters. The van der Waals surface area contributed by atoms with Gasteiger partial charge in [0.1, 0.15) is 4.92 Å². The minimum absolute atomic E-state index is 0.0807. The molecular formula is C18H19NO6. The van der Waals surface area contributed by atoms with Crippen molar-refractivity contribution in [2.75, 3.05) is 13.2 Å². The van der Waals surface area contributed by atoms with Crippen LogP contribution in [0.4, 0.5) is 0 Å². The zero-order valence-corrected chi connectivity index (χ0v) is 14.0. The van der Waals surface area contributed by atoms with Gasteiger partial charge in [-0.05, 0) is 30.2 Å². The largest absolute Gasteiger partial charge is 0.464 e. The fourth-order valence-electron chi connectivity index (χ4n) is 2.77. The van der Waals surface area contributed by atoms with Crippen LogP contribution in [0.2, 0.25) is 0 Å². The van der Waals surface area contributed by atoms with Crippen LogP contribution >= 0.6 is 0 Å². The van der Waals surface area contributed by atoms with Gasteiger partial charge in [0.15, 0.2) is 12.0 Å². The van der Waals surface area contributed by atoms with Gasteiger partial charge in [0, 0.05) is 6.61 Å². The molecule has 0 heterocycles. The summed E-state index contributed by atoms with van der Waals surface area (Å²) in [4.78, 5) is 34.8. The number of ether oxygens (including phenoxy) is 2. The highest BCUT2D eigenvalue weighted by Gasteiger charge is 2.44. The second-order valence-corrected chi connectivity index (χ2v) is 5.27. The number of nitro groups is 1. The lowest BCUT2D eigenvalue weighted by atomic mass is 9.88. The molecule has 2 rings (SSSR count). The smallest absolute Gasteiger partial charge is 0.455 e. The van der Waals surface area contributed by atoms with Crippen molar-refractivity contribution in [2.45, 2.75) is 25.9 Å². The summed E-state index contributed by atoms with van der Waals surface area (Å²) < 4.78 is 10.4. The van der Waals surface area contributed by atoms with Crippen molar-refractivity contribution in [2.24, 2.45) is 0 Å². The number of hydrogen-bond donors (Lipinski definition) is 0. The van der Waals surface area contributed by atoms with Gasteiger partial charge in [0.05, 0.1) is 6.61 Å². The predicted molar refractivity (Wildman–Crippen MR) is 90.7 cm³/mol. The van der Waals surface area contributed by atoms with Crippen molar-refractivity contribution >= 4 is 22.6 Å². The van der Waals surface area contributed by atoms with Crippen LogP contribution in [0.1, 0.15) is 25.3 Å². The number of fused-ring (bicyclic) bond motifs is 1. The molecule has 2 aromatic carbocycles. The van der Waals surface area contributed by atoms with Crippen LogP contribution in [0.15, 0.2) is 42.5 Å². The van der Waals surface area contributed by atoms with E-state index in [4.69, 9.17) is 9.47 Å². The highest BCUT2D eigenvalue weighted by molar-refractivity contribution is 5.94. The number of amides is 1. The van der Waals surface area contributed by atoms with Crippen molar-refractivity contribution < 1.29 is 24.0 Å². The minimum atomic E-state index is -1.39. The van der Waals surface area contributed by atoms with Gasteiger partial charge in [0.25, 0.3) is 0 Å². The van der Waals surface area contributed by atoms with E-state index in [0.717, 1.165) is 5.39 Å². The molecule has 25 heavy (non-hydrogen) atoms. The van der Waals surface area contributed by atoms with Crippen molar-refractivity contribution in [3.05, 3.63) is 58.1 Å². The van der Waals surface area contributed by atoms with Crippen molar-refractivity contribution in [1.82, 2.24) is 0 Å². The first-order valence-corrected chi connectivity index (χ1v) is 7.95. The molecule has 0 spiro atoms. The Morgan fingerprint density at radius 3 is 2.40 bits per heavy atom. The Morgan fingerprint density at radius 2 is 1.76 bits per heavy atom. The highest BCUT2D eigenvalue weighted by Crippen LogP contribution is 2.31. The molecule has 7 nitrogen and oxygen atoms in total. The third-order valence-corrected chi connectivity index (χ3v) is 3.77. The third kappa shape index (κ3) is 4.00. The Labute approximate surface area is 144 Å². The average molecular weight is 345 g/mol. The standard InChI is InChI=1S/C18H19NO6/c1-3-24-16(18(21)25-4-2)15(17(20)19(22)23)14-11-7-9-12-8-5-6-10-13(12)14/h5-11,15-16H,3-4H2,1-2H3. The molecule has 0 aliphatic heterocycles. The van der Waals surface area contributed by atoms with Crippen molar-refractivity contribution in [3.8, 4) is 0 Å². The number of benzene rings is 2. The number of rotatable bonds is 7. The van der Waals surface area contributed by atoms with Gasteiger partial charge < -0.3 is 9.47 Å². The molecule has 0 aromatic heterocycles. The van der Waals surface area contributed by atoms with E-state index in [1.807, 2.05) is 18.2 Å². The molecule has 0 saturated carbocycles. The lowest BCUT2D eigenvalue weighted by molar-refractivity contribution is -0.405. The zero-order chi connectivity index (χ0) is 18.4. The summed E-state index contributed by atoms with van der Waals surface area (Å²) >= 11 is 0. The zero-order valence-electron chi connectivity index (χ0n) is 14.0. The molecule has 7 heteroatoms. The molecule has 0 fully saturated rings. The number of carbonyl (C=O) groups is 2. The van der Waals surface area contributed by atoms with E-state index in [9.17, 15) is 19.7 Å². The van der Waals surface area contributed by atoms with E-state index in [1.165, 1.54) is 0 Å². The highest BCUT2D eigenvalue weighted by atomic mass is 16.6. The maximum absolute atomic E-state index is 12.3. The topological polar surface area (TPSA) is 95.7 Å². The Kier molecular flexibility index (Phi) is 6.19. The third-order valence-electron chi connectivity index (χ3n) is 3.77.